The molecule has 0 aromatic heterocycles. The molecule has 0 fully saturated rings. The molecule has 0 atom stereocenters. The number of ether oxygens (including phenoxy) is 4. The van der Waals surface area contributed by atoms with Gasteiger partial charge in [-0.2, -0.15) is 0 Å². The van der Waals surface area contributed by atoms with Crippen molar-refractivity contribution in [3.8, 4) is 11.5 Å². The van der Waals surface area contributed by atoms with Gasteiger partial charge in [-0.1, -0.05) is 84.9 Å². The Balaban J connectivity index is 1.27. The van der Waals surface area contributed by atoms with Crippen molar-refractivity contribution in [2.45, 2.75) is 39.9 Å². The number of aliphatic hydroxyl groups is 2. The predicted molar refractivity (Wildman–Crippen MR) is 207 cm³/mol. The fourth-order valence-corrected chi connectivity index (χ4v) is 6.08. The van der Waals surface area contributed by atoms with Gasteiger partial charge in [0.1, 0.15) is 46.1 Å². The molecule has 3 aliphatic rings. The molecule has 1 aliphatic carbocycles. The van der Waals surface area contributed by atoms with E-state index < -0.39 is 0 Å². The van der Waals surface area contributed by atoms with Crippen molar-refractivity contribution in [1.82, 2.24) is 0 Å². The standard InChI is InChI=1S/C46H40O6/c1-29(2)49-39-21-13-11-19-35(39)43-27-31(25-41(51-43)33-15-7-5-8-16-33)23-37-45(47)38(46(37)48)24-32-26-42(34-17-9-6-10-18-34)52-44(28-32)36-20-12-14-22-40(36)50-30(3)4/h5-30,47-48H,1-4H3/b31-23+,32-24+. The van der Waals surface area contributed by atoms with E-state index in [2.05, 4.69) is 0 Å². The summed E-state index contributed by atoms with van der Waals surface area (Å²) in [4.78, 5) is 0. The van der Waals surface area contributed by atoms with E-state index in [1.807, 2.05) is 161 Å². The van der Waals surface area contributed by atoms with Gasteiger partial charge in [0.2, 0.25) is 0 Å². The molecule has 2 N–H and O–H groups in total. The van der Waals surface area contributed by atoms with Crippen LogP contribution >= 0.6 is 0 Å². The first-order valence-corrected chi connectivity index (χ1v) is 17.4. The van der Waals surface area contributed by atoms with Crippen LogP contribution in [0.1, 0.15) is 49.9 Å². The summed E-state index contributed by atoms with van der Waals surface area (Å²) < 4.78 is 25.1. The Morgan fingerprint density at radius 2 is 0.808 bits per heavy atom. The summed E-state index contributed by atoms with van der Waals surface area (Å²) in [5, 5.41) is 22.8. The molecule has 2 heterocycles. The molecule has 0 amide bonds. The van der Waals surface area contributed by atoms with Crippen LogP contribution in [0.5, 0.6) is 11.5 Å². The van der Waals surface area contributed by atoms with Crippen molar-refractivity contribution in [2.75, 3.05) is 0 Å². The zero-order valence-corrected chi connectivity index (χ0v) is 29.5. The van der Waals surface area contributed by atoms with Gasteiger partial charge in [-0.15, -0.1) is 0 Å². The van der Waals surface area contributed by atoms with Crippen LogP contribution in [0.3, 0.4) is 0 Å². The maximum absolute atomic E-state index is 11.4. The van der Waals surface area contributed by atoms with E-state index >= 15 is 0 Å². The smallest absolute Gasteiger partial charge is 0.139 e. The molecule has 0 unspecified atom stereocenters. The zero-order valence-electron chi connectivity index (χ0n) is 29.5. The van der Waals surface area contributed by atoms with E-state index in [-0.39, 0.29) is 23.7 Å². The summed E-state index contributed by atoms with van der Waals surface area (Å²) in [6.07, 6.45) is 11.0. The molecule has 260 valence electrons. The van der Waals surface area contributed by atoms with Gasteiger partial charge >= 0.3 is 0 Å². The summed E-state index contributed by atoms with van der Waals surface area (Å²) >= 11 is 0. The molecule has 6 nitrogen and oxygen atoms in total. The first kappa shape index (κ1) is 34.1. The number of allylic oxidation sites excluding steroid dienone is 8. The first-order valence-electron chi connectivity index (χ1n) is 17.4. The Morgan fingerprint density at radius 1 is 0.462 bits per heavy atom. The summed E-state index contributed by atoms with van der Waals surface area (Å²) in [6.45, 7) is 7.93. The number of rotatable bonds is 10. The lowest BCUT2D eigenvalue weighted by Crippen LogP contribution is -2.11. The number of aliphatic hydroxyl groups excluding tert-OH is 2. The maximum atomic E-state index is 11.4. The second kappa shape index (κ2) is 14.8. The lowest BCUT2D eigenvalue weighted by molar-refractivity contribution is 0.240. The van der Waals surface area contributed by atoms with E-state index in [9.17, 15) is 10.2 Å². The molecule has 0 bridgehead atoms. The number of hydrogen-bond acceptors (Lipinski definition) is 6. The molecule has 2 aliphatic heterocycles. The Hall–Kier alpha value is -6.40. The minimum atomic E-state index is -0.0282. The summed E-state index contributed by atoms with van der Waals surface area (Å²) in [6, 6.07) is 35.1. The van der Waals surface area contributed by atoms with Crippen molar-refractivity contribution in [3.05, 3.63) is 202 Å². The molecule has 6 heteroatoms. The van der Waals surface area contributed by atoms with Gasteiger partial charge in [-0.05, 0) is 99.6 Å². The van der Waals surface area contributed by atoms with Gasteiger partial charge in [0, 0.05) is 11.1 Å². The third kappa shape index (κ3) is 7.37. The molecule has 7 rings (SSSR count). The molecule has 0 spiro atoms. The number of para-hydroxylation sites is 2. The van der Waals surface area contributed by atoms with Crippen molar-refractivity contribution in [3.63, 3.8) is 0 Å². The Morgan fingerprint density at radius 3 is 1.19 bits per heavy atom. The van der Waals surface area contributed by atoms with E-state index in [0.717, 1.165) is 33.4 Å². The monoisotopic (exact) mass is 688 g/mol. The number of benzene rings is 4. The molecular weight excluding hydrogens is 649 g/mol. The SMILES string of the molecule is CC(C)Oc1ccccc1C1=C/C(=C/C2=C(O)C(/C=C3\C=C(c4ccccc4)OC(c4ccccc4OC(C)C)=C3)=C2O)C=C(c2ccccc2)O1. The predicted octanol–water partition coefficient (Wildman–Crippen LogP) is 11.3. The molecule has 0 radical (unpaired) electrons. The van der Waals surface area contributed by atoms with Crippen LogP contribution in [0.4, 0.5) is 0 Å². The van der Waals surface area contributed by atoms with Gasteiger partial charge in [-0.25, -0.2) is 0 Å². The van der Waals surface area contributed by atoms with Crippen LogP contribution in [-0.4, -0.2) is 22.4 Å². The van der Waals surface area contributed by atoms with E-state index in [1.54, 1.807) is 12.2 Å². The van der Waals surface area contributed by atoms with E-state index in [1.165, 1.54) is 0 Å². The highest BCUT2D eigenvalue weighted by Crippen LogP contribution is 2.41. The van der Waals surface area contributed by atoms with Gasteiger partial charge in [-0.3, -0.25) is 0 Å². The Labute approximate surface area is 304 Å². The number of hydrogen-bond donors (Lipinski definition) is 2. The van der Waals surface area contributed by atoms with Crippen molar-refractivity contribution >= 4 is 23.0 Å². The normalized spacial score (nSPS) is 17.3. The van der Waals surface area contributed by atoms with Gasteiger partial charge < -0.3 is 29.2 Å². The second-order valence-corrected chi connectivity index (χ2v) is 13.1. The van der Waals surface area contributed by atoms with Crippen LogP contribution < -0.4 is 9.47 Å². The van der Waals surface area contributed by atoms with E-state index in [4.69, 9.17) is 18.9 Å². The minimum Gasteiger partial charge on any atom is -0.506 e. The maximum Gasteiger partial charge on any atom is 0.139 e. The third-order valence-corrected chi connectivity index (χ3v) is 8.42. The lowest BCUT2D eigenvalue weighted by Gasteiger charge is -2.24. The van der Waals surface area contributed by atoms with Crippen LogP contribution in [0.25, 0.3) is 23.0 Å². The highest BCUT2D eigenvalue weighted by Gasteiger charge is 2.29. The molecule has 0 saturated carbocycles. The zero-order chi connectivity index (χ0) is 36.2. The second-order valence-electron chi connectivity index (χ2n) is 13.1. The molecule has 52 heavy (non-hydrogen) atoms. The first-order chi connectivity index (χ1) is 25.2. The third-order valence-electron chi connectivity index (χ3n) is 8.42. The largest absolute Gasteiger partial charge is 0.506 e. The minimum absolute atomic E-state index is 0.0169. The summed E-state index contributed by atoms with van der Waals surface area (Å²) in [7, 11) is 0. The molecule has 0 saturated heterocycles. The van der Waals surface area contributed by atoms with Gasteiger partial charge in [0.15, 0.2) is 0 Å². The fourth-order valence-electron chi connectivity index (χ4n) is 6.08. The van der Waals surface area contributed by atoms with E-state index in [0.29, 0.717) is 45.7 Å². The Bertz CT molecular complexity index is 2070. The van der Waals surface area contributed by atoms with Crippen molar-refractivity contribution in [1.29, 1.82) is 0 Å². The van der Waals surface area contributed by atoms with Gasteiger partial charge in [0.05, 0.1) is 34.5 Å². The summed E-state index contributed by atoms with van der Waals surface area (Å²) in [5.74, 6) is 3.82. The van der Waals surface area contributed by atoms with Crippen molar-refractivity contribution in [2.24, 2.45) is 0 Å². The summed E-state index contributed by atoms with van der Waals surface area (Å²) in [5.41, 5.74) is 5.50. The van der Waals surface area contributed by atoms with Crippen LogP contribution in [-0.2, 0) is 9.47 Å². The lowest BCUT2D eigenvalue weighted by atomic mass is 9.89. The highest BCUT2D eigenvalue weighted by atomic mass is 16.5. The van der Waals surface area contributed by atoms with Crippen LogP contribution in [0, 0.1) is 0 Å². The average Bonchev–Trinajstić information content (AvgIpc) is 3.16. The van der Waals surface area contributed by atoms with Crippen LogP contribution in [0.2, 0.25) is 0 Å². The molecule has 4 aromatic carbocycles. The molecular formula is C46H40O6. The van der Waals surface area contributed by atoms with Crippen molar-refractivity contribution < 1.29 is 29.2 Å². The topological polar surface area (TPSA) is 77.4 Å². The van der Waals surface area contributed by atoms with Crippen LogP contribution in [0.15, 0.2) is 179 Å². The highest BCUT2D eigenvalue weighted by molar-refractivity contribution is 5.82. The average molecular weight is 689 g/mol. The van der Waals surface area contributed by atoms with Gasteiger partial charge in [0.25, 0.3) is 0 Å². The molecule has 4 aromatic rings. The quantitative estimate of drug-likeness (QED) is 0.173. The Kier molecular flexibility index (Phi) is 9.72. The fraction of sp³-hybridized carbons (Fsp3) is 0.130.